The summed E-state index contributed by atoms with van der Waals surface area (Å²) in [5.74, 6) is 4.43. The maximum absolute atomic E-state index is 9.13. The molecule has 0 amide bonds. The highest BCUT2D eigenvalue weighted by Crippen LogP contribution is 2.71. The van der Waals surface area contributed by atoms with E-state index in [4.69, 9.17) is 5.26 Å². The fourth-order valence-electron chi connectivity index (χ4n) is 10.2. The Balaban J connectivity index is 1.39. The molecule has 4 saturated carbocycles. The number of nitriles is 1. The summed E-state index contributed by atoms with van der Waals surface area (Å²) >= 11 is 0. The zero-order valence-corrected chi connectivity index (χ0v) is 21.8. The van der Waals surface area contributed by atoms with Crippen LogP contribution in [0.15, 0.2) is 24.3 Å². The topological polar surface area (TPSA) is 35.8 Å². The summed E-state index contributed by atoms with van der Waals surface area (Å²) in [6.07, 6.45) is 14.4. The van der Waals surface area contributed by atoms with Crippen LogP contribution in [0.25, 0.3) is 0 Å². The van der Waals surface area contributed by atoms with E-state index >= 15 is 0 Å². The smallest absolute Gasteiger partial charge is 0.0991 e. The van der Waals surface area contributed by atoms with Gasteiger partial charge in [0.05, 0.1) is 11.6 Å². The number of nitrogens with zero attached hydrogens (tertiary/aromatic N) is 1. The zero-order chi connectivity index (χ0) is 23.4. The van der Waals surface area contributed by atoms with E-state index in [2.05, 4.69) is 58.1 Å². The van der Waals surface area contributed by atoms with Crippen molar-refractivity contribution < 1.29 is 0 Å². The van der Waals surface area contributed by atoms with Crippen molar-refractivity contribution in [3.8, 4) is 6.07 Å². The molecule has 2 nitrogen and oxygen atoms in total. The third-order valence-electron chi connectivity index (χ3n) is 11.8. The molecule has 1 aromatic rings. The summed E-state index contributed by atoms with van der Waals surface area (Å²) in [5, 5.41) is 13.0. The van der Waals surface area contributed by atoms with Gasteiger partial charge in [0.15, 0.2) is 0 Å². The molecule has 2 heteroatoms. The lowest BCUT2D eigenvalue weighted by Gasteiger charge is -2.69. The summed E-state index contributed by atoms with van der Waals surface area (Å²) in [4.78, 5) is 0. The van der Waals surface area contributed by atoms with Gasteiger partial charge in [0.1, 0.15) is 0 Å². The first kappa shape index (κ1) is 23.3. The molecule has 4 aliphatic rings. The van der Waals surface area contributed by atoms with E-state index in [-0.39, 0.29) is 0 Å². The van der Waals surface area contributed by atoms with Gasteiger partial charge < -0.3 is 5.32 Å². The third-order valence-corrected chi connectivity index (χ3v) is 11.8. The van der Waals surface area contributed by atoms with E-state index in [1.165, 1.54) is 64.2 Å². The molecule has 2 unspecified atom stereocenters. The lowest BCUT2D eigenvalue weighted by molar-refractivity contribution is -0.195. The van der Waals surface area contributed by atoms with E-state index in [1.54, 1.807) is 0 Å². The van der Waals surface area contributed by atoms with Gasteiger partial charge in [0.2, 0.25) is 0 Å². The van der Waals surface area contributed by atoms with Crippen molar-refractivity contribution in [2.24, 2.45) is 45.8 Å². The van der Waals surface area contributed by atoms with Gasteiger partial charge in [0.25, 0.3) is 0 Å². The van der Waals surface area contributed by atoms with E-state index in [1.807, 2.05) is 12.1 Å². The number of fused-ring (bicyclic) bond motifs is 5. The predicted molar refractivity (Wildman–Crippen MR) is 138 cm³/mol. The van der Waals surface area contributed by atoms with E-state index in [0.717, 1.165) is 40.8 Å². The van der Waals surface area contributed by atoms with Gasteiger partial charge in [-0.3, -0.25) is 0 Å². The first-order chi connectivity index (χ1) is 15.7. The zero-order valence-electron chi connectivity index (χ0n) is 21.8. The largest absolute Gasteiger partial charge is 0.382 e. The normalized spacial score (nSPS) is 45.6. The fraction of sp³-hybridized carbons (Fsp3) is 0.774. The Hall–Kier alpha value is -1.49. The molecule has 9 atom stereocenters. The number of benzene rings is 1. The molecule has 4 fully saturated rings. The second kappa shape index (κ2) is 8.32. The van der Waals surface area contributed by atoms with Gasteiger partial charge in [-0.15, -0.1) is 0 Å². The minimum Gasteiger partial charge on any atom is -0.382 e. The van der Waals surface area contributed by atoms with Crippen LogP contribution in [0.3, 0.4) is 0 Å². The molecule has 5 rings (SSSR count). The fourth-order valence-corrected chi connectivity index (χ4v) is 10.2. The van der Waals surface area contributed by atoms with E-state index < -0.39 is 0 Å². The molecule has 0 aliphatic heterocycles. The number of hydrogen-bond donors (Lipinski definition) is 1. The maximum atomic E-state index is 9.13. The highest BCUT2D eigenvalue weighted by Gasteiger charge is 2.64. The molecule has 0 aromatic heterocycles. The van der Waals surface area contributed by atoms with Gasteiger partial charge in [0, 0.05) is 11.7 Å². The Labute approximate surface area is 202 Å². The van der Waals surface area contributed by atoms with E-state index in [9.17, 15) is 0 Å². The van der Waals surface area contributed by atoms with Crippen molar-refractivity contribution in [2.45, 2.75) is 105 Å². The standard InChI is InChI=1S/C31H46N2/c1-21-13-16-29(3)24(19-21)14-17-31(5)27-8-6-7-26(30(27,4)18-15-28(29)31)22(2)33-25-11-9-23(20-32)10-12-25/h9-12,21-22,24,26-28,33H,6-8,13-19H2,1-5H3/t21-,22-,24+,26?,27+,28?,29-,30+,31-/m0/s1. The van der Waals surface area contributed by atoms with Gasteiger partial charge >= 0.3 is 0 Å². The lowest BCUT2D eigenvalue weighted by Crippen LogP contribution is -2.62. The molecule has 0 heterocycles. The Morgan fingerprint density at radius 1 is 0.879 bits per heavy atom. The molecule has 0 saturated heterocycles. The van der Waals surface area contributed by atoms with Crippen LogP contribution >= 0.6 is 0 Å². The van der Waals surface area contributed by atoms with Crippen LogP contribution in [0.5, 0.6) is 0 Å². The Morgan fingerprint density at radius 3 is 2.27 bits per heavy atom. The van der Waals surface area contributed by atoms with Crippen molar-refractivity contribution in [1.29, 1.82) is 5.26 Å². The van der Waals surface area contributed by atoms with Crippen molar-refractivity contribution in [1.82, 2.24) is 0 Å². The molecule has 1 N–H and O–H groups in total. The lowest BCUT2D eigenvalue weighted by atomic mass is 9.36. The average Bonchev–Trinajstić information content (AvgIpc) is 2.79. The summed E-state index contributed by atoms with van der Waals surface area (Å²) in [5.41, 5.74) is 3.45. The van der Waals surface area contributed by atoms with Crippen molar-refractivity contribution >= 4 is 5.69 Å². The monoisotopic (exact) mass is 446 g/mol. The SMILES string of the molecule is C[C@H]1CC[C@]2(C)C3CC[C@]4(C)C([C@H](C)Nc5ccc(C#N)cc5)CCC[C@H]4[C@]3(C)CC[C@@H]2C1. The first-order valence-corrected chi connectivity index (χ1v) is 14.0. The van der Waals surface area contributed by atoms with Gasteiger partial charge in [-0.25, -0.2) is 0 Å². The molecule has 33 heavy (non-hydrogen) atoms. The molecule has 180 valence electrons. The van der Waals surface area contributed by atoms with Crippen molar-refractivity contribution in [2.75, 3.05) is 5.32 Å². The third kappa shape index (κ3) is 3.64. The molecule has 4 aliphatic carbocycles. The van der Waals surface area contributed by atoms with Crippen LogP contribution in [0, 0.1) is 57.2 Å². The van der Waals surface area contributed by atoms with Gasteiger partial charge in [-0.1, -0.05) is 40.5 Å². The Kier molecular flexibility index (Phi) is 5.86. The van der Waals surface area contributed by atoms with Crippen molar-refractivity contribution in [3.05, 3.63) is 29.8 Å². The molecule has 0 spiro atoms. The summed E-state index contributed by atoms with van der Waals surface area (Å²) in [6.45, 7) is 13.0. The van der Waals surface area contributed by atoms with E-state index in [0.29, 0.717) is 22.3 Å². The number of rotatable bonds is 3. The quantitative estimate of drug-likeness (QED) is 0.505. The molecular weight excluding hydrogens is 400 g/mol. The minimum absolute atomic E-state index is 0.438. The van der Waals surface area contributed by atoms with Crippen LogP contribution in [0.4, 0.5) is 5.69 Å². The summed E-state index contributed by atoms with van der Waals surface area (Å²) in [7, 11) is 0. The Bertz CT molecular complexity index is 898. The van der Waals surface area contributed by atoms with Crippen LogP contribution in [0.1, 0.15) is 104 Å². The van der Waals surface area contributed by atoms with Gasteiger partial charge in [-0.05, 0) is 128 Å². The van der Waals surface area contributed by atoms with Crippen molar-refractivity contribution in [3.63, 3.8) is 0 Å². The van der Waals surface area contributed by atoms with Crippen LogP contribution in [-0.4, -0.2) is 6.04 Å². The second-order valence-electron chi connectivity index (χ2n) is 13.4. The van der Waals surface area contributed by atoms with Crippen LogP contribution in [-0.2, 0) is 0 Å². The van der Waals surface area contributed by atoms with Gasteiger partial charge in [-0.2, -0.15) is 5.26 Å². The number of anilines is 1. The number of nitrogens with one attached hydrogen (secondary N) is 1. The second-order valence-corrected chi connectivity index (χ2v) is 13.4. The molecule has 0 radical (unpaired) electrons. The average molecular weight is 447 g/mol. The summed E-state index contributed by atoms with van der Waals surface area (Å²) in [6, 6.07) is 10.8. The first-order valence-electron chi connectivity index (χ1n) is 14.0. The molecule has 1 aromatic carbocycles. The van der Waals surface area contributed by atoms with Crippen LogP contribution < -0.4 is 5.32 Å². The minimum atomic E-state index is 0.438. The Morgan fingerprint density at radius 2 is 1.55 bits per heavy atom. The summed E-state index contributed by atoms with van der Waals surface area (Å²) < 4.78 is 0. The molecular formula is C31H46N2. The highest BCUT2D eigenvalue weighted by molar-refractivity contribution is 5.48. The maximum Gasteiger partial charge on any atom is 0.0991 e. The number of hydrogen-bond acceptors (Lipinski definition) is 2. The molecule has 0 bridgehead atoms. The van der Waals surface area contributed by atoms with Crippen LogP contribution in [0.2, 0.25) is 0 Å². The highest BCUT2D eigenvalue weighted by atomic mass is 14.9. The predicted octanol–water partition coefficient (Wildman–Crippen LogP) is 8.43.